The Bertz CT molecular complexity index is 779. The average Bonchev–Trinajstić information content (AvgIpc) is 2.62. The molecule has 0 aromatic heterocycles. The minimum atomic E-state index is -0.437. The van der Waals surface area contributed by atoms with Crippen LogP contribution in [0.1, 0.15) is 22.3 Å². The number of amides is 3. The number of nitrogens with one attached hydrogen (secondary N) is 3. The minimum Gasteiger partial charge on any atom is -0.352 e. The molecule has 0 aliphatic heterocycles. The molecule has 0 aliphatic rings. The third kappa shape index (κ3) is 6.64. The fourth-order valence-electron chi connectivity index (χ4n) is 2.03. The first-order chi connectivity index (χ1) is 12.4. The van der Waals surface area contributed by atoms with Crippen molar-refractivity contribution < 1.29 is 18.8 Å². The van der Waals surface area contributed by atoms with Crippen LogP contribution in [0.2, 0.25) is 0 Å². The lowest BCUT2D eigenvalue weighted by molar-refractivity contribution is -0.128. The fraction of sp³-hybridized carbons (Fsp3) is 0.167. The van der Waals surface area contributed by atoms with Gasteiger partial charge in [-0.25, -0.2) is 4.39 Å². The number of halogens is 2. The highest BCUT2D eigenvalue weighted by molar-refractivity contribution is 9.10. The Kier molecular flexibility index (Phi) is 7.28. The molecule has 0 spiro atoms. The fourth-order valence-corrected chi connectivity index (χ4v) is 2.29. The van der Waals surface area contributed by atoms with Crippen LogP contribution in [-0.2, 0) is 16.0 Å². The maximum Gasteiger partial charge on any atom is 0.251 e. The second-order valence-corrected chi connectivity index (χ2v) is 6.33. The minimum absolute atomic E-state index is 0.0130. The summed E-state index contributed by atoms with van der Waals surface area (Å²) in [6.45, 7) is 0.133. The van der Waals surface area contributed by atoms with Crippen molar-refractivity contribution in [3.8, 4) is 0 Å². The second-order valence-electron chi connectivity index (χ2n) is 5.41. The lowest BCUT2D eigenvalue weighted by atomic mass is 10.1. The Balaban J connectivity index is 1.65. The average molecular weight is 422 g/mol. The van der Waals surface area contributed by atoms with Crippen molar-refractivity contribution in [3.05, 3.63) is 69.9 Å². The van der Waals surface area contributed by atoms with Gasteiger partial charge in [-0.15, -0.1) is 0 Å². The lowest BCUT2D eigenvalue weighted by Crippen LogP contribution is -2.43. The summed E-state index contributed by atoms with van der Waals surface area (Å²) in [4.78, 5) is 35.3. The van der Waals surface area contributed by atoms with E-state index in [-0.39, 0.29) is 31.1 Å². The zero-order chi connectivity index (χ0) is 18.9. The van der Waals surface area contributed by atoms with E-state index in [2.05, 4.69) is 32.1 Å². The quantitative estimate of drug-likeness (QED) is 0.624. The summed E-state index contributed by atoms with van der Waals surface area (Å²) in [5.41, 5.74) is 5.65. The summed E-state index contributed by atoms with van der Waals surface area (Å²) in [6, 6.07) is 12.3. The first-order valence-corrected chi connectivity index (χ1v) is 8.59. The molecule has 0 radical (unpaired) electrons. The molecule has 2 aromatic rings. The topological polar surface area (TPSA) is 87.3 Å². The van der Waals surface area contributed by atoms with Crippen molar-refractivity contribution >= 4 is 33.7 Å². The molecule has 0 aliphatic carbocycles. The molecule has 0 bridgehead atoms. The molecule has 3 amide bonds. The van der Waals surface area contributed by atoms with Crippen molar-refractivity contribution in [2.75, 3.05) is 6.54 Å². The van der Waals surface area contributed by atoms with Crippen LogP contribution in [-0.4, -0.2) is 24.3 Å². The molecule has 0 atom stereocenters. The third-order valence-electron chi connectivity index (χ3n) is 3.36. The van der Waals surface area contributed by atoms with Gasteiger partial charge in [0, 0.05) is 23.0 Å². The summed E-state index contributed by atoms with van der Waals surface area (Å²) >= 11 is 3.28. The highest BCUT2D eigenvalue weighted by Gasteiger charge is 2.08. The molecule has 0 unspecified atom stereocenters. The van der Waals surface area contributed by atoms with Gasteiger partial charge in [0.2, 0.25) is 11.8 Å². The van der Waals surface area contributed by atoms with E-state index in [9.17, 15) is 18.8 Å². The molecule has 8 heteroatoms. The highest BCUT2D eigenvalue weighted by Crippen LogP contribution is 2.10. The molecular formula is C18H17BrFN3O3. The Morgan fingerprint density at radius 2 is 1.50 bits per heavy atom. The molecule has 0 fully saturated rings. The summed E-state index contributed by atoms with van der Waals surface area (Å²) in [5, 5.41) is 2.62. The molecule has 2 aromatic carbocycles. The number of carbonyl (C=O) groups excluding carboxylic acids is 3. The number of hydrazine groups is 1. The van der Waals surface area contributed by atoms with Crippen molar-refractivity contribution in [1.29, 1.82) is 0 Å². The van der Waals surface area contributed by atoms with Gasteiger partial charge in [0.15, 0.2) is 0 Å². The van der Waals surface area contributed by atoms with E-state index >= 15 is 0 Å². The predicted octanol–water partition coefficient (Wildman–Crippen LogP) is 2.10. The number of carbonyl (C=O) groups is 3. The SMILES string of the molecule is O=C(CCNC(=O)c1ccc(Br)cc1)NNC(=O)Cc1ccc(F)cc1. The molecule has 3 N–H and O–H groups in total. The summed E-state index contributed by atoms with van der Waals surface area (Å²) in [6.07, 6.45) is 0.0277. The Morgan fingerprint density at radius 3 is 2.15 bits per heavy atom. The standard InChI is InChI=1S/C18H17BrFN3O3/c19-14-5-3-13(4-6-14)18(26)21-10-9-16(24)22-23-17(25)11-12-1-7-15(20)8-2-12/h1-8H,9-11H2,(H,21,26)(H,22,24)(H,23,25). The van der Waals surface area contributed by atoms with Gasteiger partial charge in [-0.05, 0) is 42.0 Å². The number of hydrogen-bond donors (Lipinski definition) is 3. The van der Waals surface area contributed by atoms with Crippen LogP contribution in [0, 0.1) is 5.82 Å². The van der Waals surface area contributed by atoms with E-state index in [1.165, 1.54) is 24.3 Å². The van der Waals surface area contributed by atoms with E-state index in [1.54, 1.807) is 24.3 Å². The van der Waals surface area contributed by atoms with Gasteiger partial charge in [0.05, 0.1) is 6.42 Å². The molecule has 6 nitrogen and oxygen atoms in total. The molecular weight excluding hydrogens is 405 g/mol. The number of benzene rings is 2. The summed E-state index contributed by atoms with van der Waals surface area (Å²) in [5.74, 6) is -1.53. The number of hydrogen-bond acceptors (Lipinski definition) is 3. The molecule has 0 saturated heterocycles. The van der Waals surface area contributed by atoms with Crippen LogP contribution < -0.4 is 16.2 Å². The van der Waals surface area contributed by atoms with Crippen LogP contribution in [0.3, 0.4) is 0 Å². The molecule has 136 valence electrons. The molecule has 26 heavy (non-hydrogen) atoms. The van der Waals surface area contributed by atoms with Crippen molar-refractivity contribution in [2.24, 2.45) is 0 Å². The van der Waals surface area contributed by atoms with Crippen LogP contribution in [0.25, 0.3) is 0 Å². The van der Waals surface area contributed by atoms with Crippen LogP contribution in [0.15, 0.2) is 53.0 Å². The van der Waals surface area contributed by atoms with Gasteiger partial charge in [-0.2, -0.15) is 0 Å². The van der Waals surface area contributed by atoms with Gasteiger partial charge < -0.3 is 5.32 Å². The smallest absolute Gasteiger partial charge is 0.251 e. The maximum atomic E-state index is 12.8. The van der Waals surface area contributed by atoms with Crippen molar-refractivity contribution in [2.45, 2.75) is 12.8 Å². The van der Waals surface area contributed by atoms with Gasteiger partial charge in [-0.3, -0.25) is 25.2 Å². The van der Waals surface area contributed by atoms with Gasteiger partial charge in [0.1, 0.15) is 5.82 Å². The monoisotopic (exact) mass is 421 g/mol. The van der Waals surface area contributed by atoms with Gasteiger partial charge in [-0.1, -0.05) is 28.1 Å². The Morgan fingerprint density at radius 1 is 0.885 bits per heavy atom. The highest BCUT2D eigenvalue weighted by atomic mass is 79.9. The van der Waals surface area contributed by atoms with Crippen molar-refractivity contribution in [3.63, 3.8) is 0 Å². The van der Waals surface area contributed by atoms with E-state index < -0.39 is 11.8 Å². The van der Waals surface area contributed by atoms with Gasteiger partial charge in [0.25, 0.3) is 5.91 Å². The van der Waals surface area contributed by atoms with Crippen LogP contribution in [0.4, 0.5) is 4.39 Å². The summed E-state index contributed by atoms with van der Waals surface area (Å²) in [7, 11) is 0. The number of rotatable bonds is 6. The van der Waals surface area contributed by atoms with Crippen LogP contribution >= 0.6 is 15.9 Å². The van der Waals surface area contributed by atoms with Crippen molar-refractivity contribution in [1.82, 2.24) is 16.2 Å². The predicted molar refractivity (Wildman–Crippen MR) is 97.5 cm³/mol. The van der Waals surface area contributed by atoms with E-state index in [1.807, 2.05) is 0 Å². The second kappa shape index (κ2) is 9.67. The molecule has 2 rings (SSSR count). The zero-order valence-electron chi connectivity index (χ0n) is 13.7. The molecule has 0 heterocycles. The Labute approximate surface area is 158 Å². The zero-order valence-corrected chi connectivity index (χ0v) is 15.3. The third-order valence-corrected chi connectivity index (χ3v) is 3.89. The normalized spacial score (nSPS) is 10.1. The lowest BCUT2D eigenvalue weighted by Gasteiger charge is -2.08. The van der Waals surface area contributed by atoms with Crippen LogP contribution in [0.5, 0.6) is 0 Å². The first kappa shape index (κ1) is 19.6. The maximum absolute atomic E-state index is 12.8. The van der Waals surface area contributed by atoms with E-state index in [0.29, 0.717) is 11.1 Å². The van der Waals surface area contributed by atoms with E-state index in [4.69, 9.17) is 0 Å². The first-order valence-electron chi connectivity index (χ1n) is 7.80. The van der Waals surface area contributed by atoms with Gasteiger partial charge >= 0.3 is 0 Å². The Hall–Kier alpha value is -2.74. The largest absolute Gasteiger partial charge is 0.352 e. The molecule has 0 saturated carbocycles. The summed E-state index contributed by atoms with van der Waals surface area (Å²) < 4.78 is 13.7. The van der Waals surface area contributed by atoms with E-state index in [0.717, 1.165) is 4.47 Å².